The van der Waals surface area contributed by atoms with Gasteiger partial charge in [-0.2, -0.15) is 0 Å². The molecule has 102 valence electrons. The van der Waals surface area contributed by atoms with E-state index in [2.05, 4.69) is 11.8 Å². The summed E-state index contributed by atoms with van der Waals surface area (Å²) < 4.78 is 13.5. The summed E-state index contributed by atoms with van der Waals surface area (Å²) in [6.07, 6.45) is 3.43. The molecule has 0 aliphatic rings. The minimum Gasteiger partial charge on any atom is -0.330 e. The lowest BCUT2D eigenvalue weighted by atomic mass is 10.0. The predicted molar refractivity (Wildman–Crippen MR) is 74.8 cm³/mol. The number of halogens is 1. The third kappa shape index (κ3) is 5.61. The highest BCUT2D eigenvalue weighted by atomic mass is 19.1. The van der Waals surface area contributed by atoms with E-state index in [-0.39, 0.29) is 5.82 Å². The summed E-state index contributed by atoms with van der Waals surface area (Å²) in [5, 5.41) is 0. The average Bonchev–Trinajstić information content (AvgIpc) is 2.32. The fourth-order valence-corrected chi connectivity index (χ4v) is 2.13. The molecule has 2 nitrogen and oxygen atoms in total. The molecule has 18 heavy (non-hydrogen) atoms. The maximum absolute atomic E-state index is 13.5. The molecule has 0 aromatic heterocycles. The van der Waals surface area contributed by atoms with Crippen molar-refractivity contribution in [3.05, 3.63) is 35.6 Å². The monoisotopic (exact) mass is 252 g/mol. The summed E-state index contributed by atoms with van der Waals surface area (Å²) in [4.78, 5) is 2.17. The maximum atomic E-state index is 13.5. The quantitative estimate of drug-likeness (QED) is 0.770. The Balaban J connectivity index is 2.26. The van der Waals surface area contributed by atoms with Crippen LogP contribution in [0.25, 0.3) is 0 Å². The van der Waals surface area contributed by atoms with Crippen LogP contribution in [0.4, 0.5) is 4.39 Å². The molecular weight excluding hydrogens is 227 g/mol. The van der Waals surface area contributed by atoms with Gasteiger partial charge in [0.25, 0.3) is 0 Å². The van der Waals surface area contributed by atoms with Gasteiger partial charge in [0, 0.05) is 12.1 Å². The summed E-state index contributed by atoms with van der Waals surface area (Å²) in [6, 6.07) is 6.98. The van der Waals surface area contributed by atoms with Crippen molar-refractivity contribution in [1.82, 2.24) is 4.90 Å². The molecule has 1 atom stereocenters. The van der Waals surface area contributed by atoms with E-state index in [9.17, 15) is 4.39 Å². The summed E-state index contributed by atoms with van der Waals surface area (Å²) in [6.45, 7) is 4.69. The highest BCUT2D eigenvalue weighted by molar-refractivity contribution is 5.16. The third-order valence-electron chi connectivity index (χ3n) is 3.29. The molecule has 2 N–H and O–H groups in total. The highest BCUT2D eigenvalue weighted by Crippen LogP contribution is 2.12. The predicted octanol–water partition coefficient (Wildman–Crippen LogP) is 3.02. The van der Waals surface area contributed by atoms with Crippen LogP contribution in [0.3, 0.4) is 0 Å². The van der Waals surface area contributed by atoms with E-state index in [1.54, 1.807) is 6.07 Å². The standard InChI is InChI=1S/C15H25FN2/c1-13(9-10-17)6-5-11-18(2)12-14-7-3-4-8-15(14)16/h3-4,7-8,13H,5-6,9-12,17H2,1-2H3. The molecule has 0 saturated heterocycles. The first-order valence-electron chi connectivity index (χ1n) is 6.75. The molecule has 1 rings (SSSR count). The van der Waals surface area contributed by atoms with Gasteiger partial charge in [-0.05, 0) is 51.4 Å². The second-order valence-corrected chi connectivity index (χ2v) is 5.15. The van der Waals surface area contributed by atoms with Crippen LogP contribution in [-0.2, 0) is 6.54 Å². The maximum Gasteiger partial charge on any atom is 0.127 e. The van der Waals surface area contributed by atoms with Crippen molar-refractivity contribution in [1.29, 1.82) is 0 Å². The van der Waals surface area contributed by atoms with Crippen molar-refractivity contribution < 1.29 is 4.39 Å². The lowest BCUT2D eigenvalue weighted by Crippen LogP contribution is -2.20. The van der Waals surface area contributed by atoms with Crippen LogP contribution < -0.4 is 5.73 Å². The van der Waals surface area contributed by atoms with E-state index in [4.69, 9.17) is 5.73 Å². The van der Waals surface area contributed by atoms with Crippen LogP contribution in [0.5, 0.6) is 0 Å². The number of rotatable bonds is 8. The first-order chi connectivity index (χ1) is 8.63. The lowest BCUT2D eigenvalue weighted by Gasteiger charge is -2.18. The van der Waals surface area contributed by atoms with E-state index in [1.165, 1.54) is 12.5 Å². The van der Waals surface area contributed by atoms with Crippen molar-refractivity contribution in [3.8, 4) is 0 Å². The summed E-state index contributed by atoms with van der Waals surface area (Å²) in [5.41, 5.74) is 6.30. The van der Waals surface area contributed by atoms with Gasteiger partial charge >= 0.3 is 0 Å². The van der Waals surface area contributed by atoms with Gasteiger partial charge in [0.1, 0.15) is 5.82 Å². The number of nitrogens with two attached hydrogens (primary N) is 1. The molecule has 0 spiro atoms. The molecule has 0 saturated carbocycles. The first-order valence-corrected chi connectivity index (χ1v) is 6.75. The SMILES string of the molecule is CC(CCN)CCCN(C)Cc1ccccc1F. The van der Waals surface area contributed by atoms with Gasteiger partial charge in [0.2, 0.25) is 0 Å². The lowest BCUT2D eigenvalue weighted by molar-refractivity contribution is 0.302. The van der Waals surface area contributed by atoms with Crippen LogP contribution in [-0.4, -0.2) is 25.0 Å². The molecule has 1 aromatic rings. The van der Waals surface area contributed by atoms with E-state index in [1.807, 2.05) is 19.2 Å². The van der Waals surface area contributed by atoms with Crippen molar-refractivity contribution >= 4 is 0 Å². The van der Waals surface area contributed by atoms with E-state index in [0.29, 0.717) is 12.5 Å². The summed E-state index contributed by atoms with van der Waals surface area (Å²) in [7, 11) is 2.04. The molecule has 0 amide bonds. The largest absolute Gasteiger partial charge is 0.330 e. The van der Waals surface area contributed by atoms with Gasteiger partial charge < -0.3 is 10.6 Å². The molecule has 0 bridgehead atoms. The Bertz CT molecular complexity index is 341. The van der Waals surface area contributed by atoms with E-state index < -0.39 is 0 Å². The second-order valence-electron chi connectivity index (χ2n) is 5.15. The molecular formula is C15H25FN2. The fourth-order valence-electron chi connectivity index (χ4n) is 2.13. The molecule has 1 unspecified atom stereocenters. The molecule has 0 fully saturated rings. The van der Waals surface area contributed by atoms with Crippen molar-refractivity contribution in [2.45, 2.75) is 32.7 Å². The molecule has 1 aromatic carbocycles. The van der Waals surface area contributed by atoms with Crippen LogP contribution in [0.2, 0.25) is 0 Å². The Morgan fingerprint density at radius 3 is 2.67 bits per heavy atom. The van der Waals surface area contributed by atoms with Crippen molar-refractivity contribution in [2.75, 3.05) is 20.1 Å². The fraction of sp³-hybridized carbons (Fsp3) is 0.600. The molecule has 3 heteroatoms. The van der Waals surface area contributed by atoms with Crippen LogP contribution in [0, 0.1) is 11.7 Å². The van der Waals surface area contributed by atoms with Crippen LogP contribution >= 0.6 is 0 Å². The van der Waals surface area contributed by atoms with E-state index >= 15 is 0 Å². The zero-order chi connectivity index (χ0) is 13.4. The van der Waals surface area contributed by atoms with Gasteiger partial charge in [-0.3, -0.25) is 0 Å². The Morgan fingerprint density at radius 1 is 1.28 bits per heavy atom. The first kappa shape index (κ1) is 15.1. The zero-order valence-electron chi connectivity index (χ0n) is 11.5. The minimum absolute atomic E-state index is 0.110. The van der Waals surface area contributed by atoms with Gasteiger partial charge in [-0.15, -0.1) is 0 Å². The van der Waals surface area contributed by atoms with Crippen molar-refractivity contribution in [2.24, 2.45) is 11.7 Å². The molecule has 0 aliphatic heterocycles. The average molecular weight is 252 g/mol. The van der Waals surface area contributed by atoms with Gasteiger partial charge in [-0.1, -0.05) is 25.1 Å². The van der Waals surface area contributed by atoms with Crippen molar-refractivity contribution in [3.63, 3.8) is 0 Å². The smallest absolute Gasteiger partial charge is 0.127 e. The Labute approximate surface area is 110 Å². The topological polar surface area (TPSA) is 29.3 Å². The van der Waals surface area contributed by atoms with Crippen LogP contribution in [0.1, 0.15) is 31.7 Å². The molecule has 0 radical (unpaired) electrons. The number of benzene rings is 1. The normalized spacial score (nSPS) is 12.9. The van der Waals surface area contributed by atoms with Gasteiger partial charge in [-0.25, -0.2) is 4.39 Å². The summed E-state index contributed by atoms with van der Waals surface area (Å²) in [5.74, 6) is 0.581. The van der Waals surface area contributed by atoms with Gasteiger partial charge in [0.15, 0.2) is 0 Å². The Kier molecular flexibility index (Phi) is 6.91. The number of hydrogen-bond acceptors (Lipinski definition) is 2. The third-order valence-corrected chi connectivity index (χ3v) is 3.29. The zero-order valence-corrected chi connectivity index (χ0v) is 11.5. The van der Waals surface area contributed by atoms with Gasteiger partial charge in [0.05, 0.1) is 0 Å². The van der Waals surface area contributed by atoms with E-state index in [0.717, 1.165) is 31.5 Å². The minimum atomic E-state index is -0.110. The second kappa shape index (κ2) is 8.22. The van der Waals surface area contributed by atoms with Crippen LogP contribution in [0.15, 0.2) is 24.3 Å². The number of nitrogens with zero attached hydrogens (tertiary/aromatic N) is 1. The summed E-state index contributed by atoms with van der Waals surface area (Å²) >= 11 is 0. The molecule has 0 aliphatic carbocycles. The Hall–Kier alpha value is -0.930. The Morgan fingerprint density at radius 2 is 2.00 bits per heavy atom. The molecule has 0 heterocycles. The number of hydrogen-bond donors (Lipinski definition) is 1. The highest BCUT2D eigenvalue weighted by Gasteiger charge is 2.06.